The Bertz CT molecular complexity index is 1010. The van der Waals surface area contributed by atoms with Gasteiger partial charge in [0.05, 0.1) is 24.9 Å². The molecular weight excluding hydrogens is 454 g/mol. The highest BCUT2D eigenvalue weighted by atomic mass is 35.5. The summed E-state index contributed by atoms with van der Waals surface area (Å²) in [6.07, 6.45) is -2.15. The third-order valence-electron chi connectivity index (χ3n) is 5.25. The number of benzene rings is 2. The van der Waals surface area contributed by atoms with Gasteiger partial charge in [-0.3, -0.25) is 0 Å². The van der Waals surface area contributed by atoms with E-state index in [0.717, 1.165) is 10.4 Å². The average Bonchev–Trinajstić information content (AvgIpc) is 3.30. The molecule has 4 atom stereocenters. The van der Waals surface area contributed by atoms with Crippen LogP contribution < -0.4 is 0 Å². The van der Waals surface area contributed by atoms with Gasteiger partial charge in [-0.1, -0.05) is 43.6 Å². The summed E-state index contributed by atoms with van der Waals surface area (Å²) in [6.45, 7) is 3.82. The molecule has 4 rings (SSSR count). The van der Waals surface area contributed by atoms with Crippen molar-refractivity contribution in [2.24, 2.45) is 0 Å². The zero-order chi connectivity index (χ0) is 23.3. The lowest BCUT2D eigenvalue weighted by molar-refractivity contribution is -0.113. The van der Waals surface area contributed by atoms with Crippen LogP contribution in [0.5, 0.6) is 0 Å². The second-order valence-electron chi connectivity index (χ2n) is 7.41. The largest absolute Gasteiger partial charge is 0.394 e. The van der Waals surface area contributed by atoms with Gasteiger partial charge >= 0.3 is 0 Å². The van der Waals surface area contributed by atoms with Gasteiger partial charge in [-0.05, 0) is 47.5 Å². The molecule has 0 bridgehead atoms. The normalized spacial score (nSPS) is 21.5. The Morgan fingerprint density at radius 3 is 2.50 bits per heavy atom. The Balaban J connectivity index is 0.00000141. The van der Waals surface area contributed by atoms with Crippen molar-refractivity contribution in [3.63, 3.8) is 0 Å². The lowest BCUT2D eigenvalue weighted by atomic mass is 9.94. The van der Waals surface area contributed by atoms with E-state index in [-0.39, 0.29) is 12.4 Å². The van der Waals surface area contributed by atoms with Gasteiger partial charge in [0.2, 0.25) is 0 Å². The predicted octanol–water partition coefficient (Wildman–Crippen LogP) is 6.87. The van der Waals surface area contributed by atoms with E-state index in [1.807, 2.05) is 19.9 Å². The van der Waals surface area contributed by atoms with Crippen molar-refractivity contribution in [1.29, 1.82) is 0 Å². The van der Waals surface area contributed by atoms with Crippen molar-refractivity contribution in [2.75, 3.05) is 6.61 Å². The second kappa shape index (κ2) is 11.3. The number of halogens is 3. The van der Waals surface area contributed by atoms with Crippen molar-refractivity contribution in [2.45, 2.75) is 51.2 Å². The molecule has 0 amide bonds. The highest BCUT2D eigenvalue weighted by Crippen LogP contribution is 2.40. The van der Waals surface area contributed by atoms with E-state index in [4.69, 9.17) is 16.3 Å². The Morgan fingerprint density at radius 1 is 1.09 bits per heavy atom. The molecule has 1 fully saturated rings. The fraction of sp³-hybridized carbons (Fsp3) is 0.360. The molecule has 2 N–H and O–H groups in total. The van der Waals surface area contributed by atoms with Gasteiger partial charge in [0.25, 0.3) is 0 Å². The number of aliphatic hydroxyl groups excluding tert-OH is 2. The molecule has 0 radical (unpaired) electrons. The Hall–Kier alpha value is -1.83. The van der Waals surface area contributed by atoms with Crippen LogP contribution in [0.15, 0.2) is 54.6 Å². The quantitative estimate of drug-likeness (QED) is 0.419. The molecule has 1 aromatic heterocycles. The molecule has 1 aliphatic heterocycles. The Labute approximate surface area is 196 Å². The van der Waals surface area contributed by atoms with Crippen molar-refractivity contribution >= 4 is 22.9 Å². The average molecular weight is 481 g/mol. The van der Waals surface area contributed by atoms with Crippen LogP contribution in [0.2, 0.25) is 5.02 Å². The summed E-state index contributed by atoms with van der Waals surface area (Å²) in [4.78, 5) is 1.33. The summed E-state index contributed by atoms with van der Waals surface area (Å²) < 4.78 is 34.4. The second-order valence-corrected chi connectivity index (χ2v) is 8.93. The highest BCUT2D eigenvalue weighted by Gasteiger charge is 2.30. The topological polar surface area (TPSA) is 49.7 Å². The van der Waals surface area contributed by atoms with Crippen LogP contribution in [0, 0.1) is 5.82 Å². The van der Waals surface area contributed by atoms with E-state index in [1.165, 1.54) is 23.5 Å². The number of hydrogen-bond donors (Lipinski definition) is 2. The molecule has 2 aromatic carbocycles. The Morgan fingerprint density at radius 2 is 1.81 bits per heavy atom. The van der Waals surface area contributed by atoms with E-state index in [0.29, 0.717) is 33.9 Å². The minimum atomic E-state index is -1.43. The lowest BCUT2D eigenvalue weighted by Gasteiger charge is -2.32. The number of aliphatic hydroxyl groups is 2. The summed E-state index contributed by atoms with van der Waals surface area (Å²) in [5.74, 6) is -0.319. The van der Waals surface area contributed by atoms with Gasteiger partial charge in [0.1, 0.15) is 5.82 Å². The molecule has 3 aromatic rings. The van der Waals surface area contributed by atoms with Gasteiger partial charge in [-0.15, -0.1) is 11.3 Å². The zero-order valence-corrected chi connectivity index (χ0v) is 19.5. The Kier molecular flexibility index (Phi) is 8.79. The maximum absolute atomic E-state index is 15.4. The van der Waals surface area contributed by atoms with E-state index in [2.05, 4.69) is 0 Å². The first kappa shape index (κ1) is 24.8. The first-order valence-corrected chi connectivity index (χ1v) is 11.9. The number of rotatable bonds is 5. The highest BCUT2D eigenvalue weighted by molar-refractivity contribution is 7.15. The smallest absolute Gasteiger partial charge is 0.161 e. The summed E-state index contributed by atoms with van der Waals surface area (Å²) in [6, 6.07) is 14.6. The van der Waals surface area contributed by atoms with Crippen LogP contribution in [0.25, 0.3) is 10.4 Å². The molecule has 7 heteroatoms. The SMILES string of the molecule is CC.OCC1CC(O)CC(c2ccc(Cl)c(C(F)c3ccc(-c4ccc(F)cc4)s3)c2)O1. The molecule has 3 nitrogen and oxygen atoms in total. The fourth-order valence-electron chi connectivity index (χ4n) is 3.69. The van der Waals surface area contributed by atoms with E-state index in [9.17, 15) is 14.6 Å². The van der Waals surface area contributed by atoms with Crippen molar-refractivity contribution in [3.8, 4) is 10.4 Å². The van der Waals surface area contributed by atoms with Crippen molar-refractivity contribution in [3.05, 3.63) is 81.4 Å². The van der Waals surface area contributed by atoms with Gasteiger partial charge in [0, 0.05) is 33.2 Å². The van der Waals surface area contributed by atoms with E-state index in [1.54, 1.807) is 36.4 Å². The van der Waals surface area contributed by atoms with E-state index >= 15 is 4.39 Å². The maximum atomic E-state index is 15.4. The van der Waals surface area contributed by atoms with Crippen molar-refractivity contribution in [1.82, 2.24) is 0 Å². The van der Waals surface area contributed by atoms with Crippen LogP contribution in [0.1, 0.15) is 55.0 Å². The molecular formula is C25H27ClF2O3S. The van der Waals surface area contributed by atoms with Crippen LogP contribution in [0.3, 0.4) is 0 Å². The van der Waals surface area contributed by atoms with Crippen molar-refractivity contribution < 1.29 is 23.7 Å². The molecule has 0 saturated carbocycles. The third-order valence-corrected chi connectivity index (χ3v) is 6.77. The summed E-state index contributed by atoms with van der Waals surface area (Å²) in [5.41, 5.74) is 1.86. The fourth-order valence-corrected chi connectivity index (χ4v) is 4.91. The summed E-state index contributed by atoms with van der Waals surface area (Å²) in [7, 11) is 0. The van der Waals surface area contributed by atoms with Crippen LogP contribution in [0.4, 0.5) is 8.78 Å². The van der Waals surface area contributed by atoms with Gasteiger partial charge in [-0.25, -0.2) is 8.78 Å². The molecule has 4 unspecified atom stereocenters. The van der Waals surface area contributed by atoms with E-state index < -0.39 is 24.5 Å². The number of hydrogen-bond acceptors (Lipinski definition) is 4. The van der Waals surface area contributed by atoms with Crippen LogP contribution >= 0.6 is 22.9 Å². The molecule has 0 spiro atoms. The molecule has 172 valence electrons. The molecule has 2 heterocycles. The monoisotopic (exact) mass is 480 g/mol. The maximum Gasteiger partial charge on any atom is 0.161 e. The lowest BCUT2D eigenvalue weighted by Crippen LogP contribution is -2.33. The first-order chi connectivity index (χ1) is 15.4. The molecule has 32 heavy (non-hydrogen) atoms. The predicted molar refractivity (Wildman–Crippen MR) is 125 cm³/mol. The molecule has 1 aliphatic rings. The zero-order valence-electron chi connectivity index (χ0n) is 18.0. The molecule has 1 saturated heterocycles. The number of ether oxygens (including phenoxy) is 1. The standard InChI is InChI=1S/C23H21ClF2O3S.C2H6/c24-19-6-3-14(20-11-16(28)10-17(12-27)29-20)9-18(19)23(26)22-8-7-21(30-22)13-1-4-15(25)5-2-13;1-2/h1-9,16-17,20,23,27-28H,10-12H2;1-2H3. The minimum absolute atomic E-state index is 0.179. The summed E-state index contributed by atoms with van der Waals surface area (Å²) >= 11 is 7.59. The van der Waals surface area contributed by atoms with Gasteiger partial charge < -0.3 is 14.9 Å². The minimum Gasteiger partial charge on any atom is -0.394 e. The van der Waals surface area contributed by atoms with Gasteiger partial charge in [-0.2, -0.15) is 0 Å². The number of thiophene rings is 1. The first-order valence-electron chi connectivity index (χ1n) is 10.7. The molecule has 0 aliphatic carbocycles. The third kappa shape index (κ3) is 5.74. The van der Waals surface area contributed by atoms with Crippen LogP contribution in [-0.4, -0.2) is 29.0 Å². The number of alkyl halides is 1. The summed E-state index contributed by atoms with van der Waals surface area (Å²) in [5, 5.41) is 19.8. The van der Waals surface area contributed by atoms with Crippen LogP contribution in [-0.2, 0) is 4.74 Å². The van der Waals surface area contributed by atoms with Gasteiger partial charge in [0.15, 0.2) is 6.17 Å².